The van der Waals surface area contributed by atoms with E-state index in [0.29, 0.717) is 44.9 Å². The molecule has 0 saturated carbocycles. The van der Waals surface area contributed by atoms with Crippen molar-refractivity contribution in [2.75, 3.05) is 5.73 Å². The highest BCUT2D eigenvalue weighted by molar-refractivity contribution is 9.10. The summed E-state index contributed by atoms with van der Waals surface area (Å²) in [6.07, 6.45) is 5.44. The van der Waals surface area contributed by atoms with Crippen molar-refractivity contribution in [3.63, 3.8) is 0 Å². The van der Waals surface area contributed by atoms with E-state index in [1.54, 1.807) is 53.7 Å². The van der Waals surface area contributed by atoms with E-state index >= 15 is 0 Å². The van der Waals surface area contributed by atoms with Gasteiger partial charge in [-0.15, -0.1) is 0 Å². The predicted octanol–water partition coefficient (Wildman–Crippen LogP) is 4.43. The maximum atomic E-state index is 13.8. The second kappa shape index (κ2) is 9.71. The molecule has 0 aliphatic heterocycles. The van der Waals surface area contributed by atoms with Gasteiger partial charge in [0, 0.05) is 29.5 Å². The van der Waals surface area contributed by atoms with Crippen LogP contribution in [0.3, 0.4) is 0 Å². The number of amides is 1. The molecule has 3 heterocycles. The number of rotatable bonds is 6. The lowest BCUT2D eigenvalue weighted by atomic mass is 10.1. The summed E-state index contributed by atoms with van der Waals surface area (Å²) in [5, 5.41) is 9.85. The highest BCUT2D eigenvalue weighted by atomic mass is 79.9. The van der Waals surface area contributed by atoms with Gasteiger partial charge in [0.25, 0.3) is 5.91 Å². The summed E-state index contributed by atoms with van der Waals surface area (Å²) >= 11 is 3.40. The minimum Gasteiger partial charge on any atom is -0.383 e. The number of nitrogen functional groups attached to an aromatic ring is 1. The maximum Gasteiger partial charge on any atom is 0.254 e. The van der Waals surface area contributed by atoms with E-state index in [1.165, 1.54) is 6.20 Å². The number of aromatic nitrogens is 4. The Bertz CT molecular complexity index is 1340. The van der Waals surface area contributed by atoms with Crippen LogP contribution in [0.15, 0.2) is 65.5 Å². The number of hydrogen-bond acceptors (Lipinski definition) is 7. The van der Waals surface area contributed by atoms with Crippen LogP contribution in [0.4, 0.5) is 5.82 Å². The fourth-order valence-corrected chi connectivity index (χ4v) is 3.91. The first-order valence-electron chi connectivity index (χ1n) is 10.3. The highest BCUT2D eigenvalue weighted by Gasteiger charge is 2.27. The number of nitrogens with zero attached hydrogens (tertiary/aromatic N) is 6. The number of carbonyl (C=O) groups is 1. The summed E-state index contributed by atoms with van der Waals surface area (Å²) in [7, 11) is 0. The molecule has 1 amide bonds. The van der Waals surface area contributed by atoms with Gasteiger partial charge < -0.3 is 10.6 Å². The number of halogens is 1. The van der Waals surface area contributed by atoms with Crippen molar-refractivity contribution in [1.29, 1.82) is 5.26 Å². The Labute approximate surface area is 199 Å². The number of anilines is 1. The second-order valence-electron chi connectivity index (χ2n) is 7.38. The standard InChI is InChI=1S/C24H20BrN7O/c1-2-21(23-28-8-3-9-29-23)32(14-18-6-4-15(12-26)13-30-18)24(33)16-5-7-20-17(10-16)11-19(25)22(27)31-20/h3-11,13,21H,2,14H2,1H3,(H2,27,31). The van der Waals surface area contributed by atoms with Crippen LogP contribution in [0.5, 0.6) is 0 Å². The lowest BCUT2D eigenvalue weighted by Crippen LogP contribution is -2.35. The second-order valence-corrected chi connectivity index (χ2v) is 8.23. The van der Waals surface area contributed by atoms with Crippen LogP contribution in [0.1, 0.15) is 46.8 Å². The third-order valence-corrected chi connectivity index (χ3v) is 5.87. The Kier molecular flexibility index (Phi) is 6.56. The monoisotopic (exact) mass is 501 g/mol. The quantitative estimate of drug-likeness (QED) is 0.414. The third kappa shape index (κ3) is 4.81. The first-order chi connectivity index (χ1) is 16.0. The highest BCUT2D eigenvalue weighted by Crippen LogP contribution is 2.28. The third-order valence-electron chi connectivity index (χ3n) is 5.24. The molecular weight excluding hydrogens is 482 g/mol. The molecule has 0 bridgehead atoms. The lowest BCUT2D eigenvalue weighted by molar-refractivity contribution is 0.0640. The zero-order chi connectivity index (χ0) is 23.4. The van der Waals surface area contributed by atoms with Gasteiger partial charge in [-0.25, -0.2) is 15.0 Å². The number of carbonyl (C=O) groups excluding carboxylic acids is 1. The van der Waals surface area contributed by atoms with Gasteiger partial charge in [-0.3, -0.25) is 9.78 Å². The van der Waals surface area contributed by atoms with Crippen LogP contribution in [-0.4, -0.2) is 30.7 Å². The van der Waals surface area contributed by atoms with Gasteiger partial charge in [-0.05, 0) is 64.8 Å². The van der Waals surface area contributed by atoms with Crippen molar-refractivity contribution in [2.24, 2.45) is 0 Å². The number of benzene rings is 1. The molecular formula is C24H20BrN7O. The van der Waals surface area contributed by atoms with Crippen LogP contribution < -0.4 is 5.73 Å². The van der Waals surface area contributed by atoms with Gasteiger partial charge in [0.2, 0.25) is 0 Å². The van der Waals surface area contributed by atoms with Crippen molar-refractivity contribution in [2.45, 2.75) is 25.9 Å². The zero-order valence-corrected chi connectivity index (χ0v) is 19.4. The van der Waals surface area contributed by atoms with Crippen molar-refractivity contribution < 1.29 is 4.79 Å². The van der Waals surface area contributed by atoms with Gasteiger partial charge >= 0.3 is 0 Å². The first-order valence-corrected chi connectivity index (χ1v) is 11.1. The van der Waals surface area contributed by atoms with E-state index in [0.717, 1.165) is 5.39 Å². The first kappa shape index (κ1) is 22.3. The molecule has 33 heavy (non-hydrogen) atoms. The SMILES string of the molecule is CCC(c1ncccn1)N(Cc1ccc(C#N)cn1)C(=O)c1ccc2nc(N)c(Br)cc2c1. The van der Waals surface area contributed by atoms with Crippen molar-refractivity contribution in [3.05, 3.63) is 88.2 Å². The largest absolute Gasteiger partial charge is 0.383 e. The van der Waals surface area contributed by atoms with Gasteiger partial charge in [0.05, 0.1) is 33.8 Å². The van der Waals surface area contributed by atoms with Crippen LogP contribution >= 0.6 is 15.9 Å². The number of nitrogens with two attached hydrogens (primary N) is 1. The Hall–Kier alpha value is -3.90. The molecule has 1 aromatic carbocycles. The average molecular weight is 502 g/mol. The minimum absolute atomic E-state index is 0.185. The fraction of sp³-hybridized carbons (Fsp3) is 0.167. The molecule has 4 rings (SSSR count). The van der Waals surface area contributed by atoms with Gasteiger partial charge in [0.1, 0.15) is 11.9 Å². The van der Waals surface area contributed by atoms with Crippen LogP contribution in [0.25, 0.3) is 10.9 Å². The van der Waals surface area contributed by atoms with E-state index in [1.807, 2.05) is 13.0 Å². The molecule has 1 unspecified atom stereocenters. The van der Waals surface area contributed by atoms with Crippen LogP contribution in [-0.2, 0) is 6.54 Å². The van der Waals surface area contributed by atoms with Gasteiger partial charge in [0.15, 0.2) is 5.82 Å². The molecule has 0 saturated heterocycles. The fourth-order valence-electron chi connectivity index (χ4n) is 3.57. The molecule has 3 aromatic heterocycles. The van der Waals surface area contributed by atoms with E-state index in [2.05, 4.69) is 41.9 Å². The molecule has 1 atom stereocenters. The average Bonchev–Trinajstić information content (AvgIpc) is 2.85. The number of fused-ring (bicyclic) bond motifs is 1. The Morgan fingerprint density at radius 2 is 1.97 bits per heavy atom. The zero-order valence-electron chi connectivity index (χ0n) is 17.8. The van der Waals surface area contributed by atoms with E-state index in [-0.39, 0.29) is 18.5 Å². The Morgan fingerprint density at radius 1 is 1.18 bits per heavy atom. The molecule has 4 aromatic rings. The minimum atomic E-state index is -0.358. The summed E-state index contributed by atoms with van der Waals surface area (Å²) in [5.74, 6) is 0.762. The van der Waals surface area contributed by atoms with Crippen LogP contribution in [0, 0.1) is 11.3 Å². The Morgan fingerprint density at radius 3 is 2.64 bits per heavy atom. The molecule has 0 fully saturated rings. The van der Waals surface area contributed by atoms with Crippen molar-refractivity contribution in [3.8, 4) is 6.07 Å². The van der Waals surface area contributed by atoms with E-state index in [9.17, 15) is 4.79 Å². The van der Waals surface area contributed by atoms with Crippen molar-refractivity contribution in [1.82, 2.24) is 24.8 Å². The number of hydrogen-bond donors (Lipinski definition) is 1. The van der Waals surface area contributed by atoms with Gasteiger partial charge in [-0.1, -0.05) is 6.92 Å². The number of pyridine rings is 2. The molecule has 0 aliphatic rings. The molecule has 164 valence electrons. The predicted molar refractivity (Wildman–Crippen MR) is 128 cm³/mol. The summed E-state index contributed by atoms with van der Waals surface area (Å²) < 4.78 is 0.669. The Balaban J connectivity index is 1.75. The summed E-state index contributed by atoms with van der Waals surface area (Å²) in [5.41, 5.74) is 8.21. The molecule has 8 nitrogen and oxygen atoms in total. The number of nitriles is 1. The summed E-state index contributed by atoms with van der Waals surface area (Å²) in [6, 6.07) is 14.0. The van der Waals surface area contributed by atoms with E-state index in [4.69, 9.17) is 11.0 Å². The van der Waals surface area contributed by atoms with Crippen molar-refractivity contribution >= 4 is 38.6 Å². The molecule has 0 radical (unpaired) electrons. The molecule has 0 aliphatic carbocycles. The summed E-state index contributed by atoms with van der Waals surface area (Å²) in [6.45, 7) is 2.22. The molecule has 9 heteroatoms. The van der Waals surface area contributed by atoms with Crippen LogP contribution in [0.2, 0.25) is 0 Å². The maximum absolute atomic E-state index is 13.8. The molecule has 0 spiro atoms. The topological polar surface area (TPSA) is 122 Å². The summed E-state index contributed by atoms with van der Waals surface area (Å²) in [4.78, 5) is 33.0. The van der Waals surface area contributed by atoms with Gasteiger partial charge in [-0.2, -0.15) is 5.26 Å². The molecule has 2 N–H and O–H groups in total. The smallest absolute Gasteiger partial charge is 0.254 e. The lowest BCUT2D eigenvalue weighted by Gasteiger charge is -2.30. The normalized spacial score (nSPS) is 11.7. The van der Waals surface area contributed by atoms with E-state index < -0.39 is 0 Å².